The maximum atomic E-state index is 12.4. The van der Waals surface area contributed by atoms with E-state index in [0.717, 1.165) is 42.8 Å². The van der Waals surface area contributed by atoms with E-state index in [2.05, 4.69) is 20.5 Å². The number of aromatic nitrogens is 1. The van der Waals surface area contributed by atoms with Gasteiger partial charge in [-0.2, -0.15) is 0 Å². The van der Waals surface area contributed by atoms with Crippen molar-refractivity contribution in [3.8, 4) is 0 Å². The first-order chi connectivity index (χ1) is 12.2. The molecule has 4 rings (SSSR count). The highest BCUT2D eigenvalue weighted by Crippen LogP contribution is 2.22. The fourth-order valence-electron chi connectivity index (χ4n) is 3.02. The van der Waals surface area contributed by atoms with Crippen molar-refractivity contribution >= 4 is 28.4 Å². The second-order valence-corrected chi connectivity index (χ2v) is 6.24. The van der Waals surface area contributed by atoms with Crippen LogP contribution >= 0.6 is 0 Å². The average molecular weight is 336 g/mol. The second kappa shape index (κ2) is 6.57. The minimum Gasteiger partial charge on any atom is -0.451 e. The van der Waals surface area contributed by atoms with Crippen molar-refractivity contribution < 1.29 is 9.21 Å². The van der Waals surface area contributed by atoms with Gasteiger partial charge in [-0.25, -0.2) is 4.98 Å². The monoisotopic (exact) mass is 336 g/mol. The normalized spacial score (nSPS) is 14.7. The summed E-state index contributed by atoms with van der Waals surface area (Å²) in [6.07, 6.45) is 1.79. The van der Waals surface area contributed by atoms with Gasteiger partial charge in [-0.3, -0.25) is 4.79 Å². The van der Waals surface area contributed by atoms with Gasteiger partial charge in [-0.1, -0.05) is 11.6 Å². The number of nitrogens with zero attached hydrogens (tertiary/aromatic N) is 2. The molecule has 1 aliphatic rings. The summed E-state index contributed by atoms with van der Waals surface area (Å²) < 4.78 is 5.62. The third kappa shape index (κ3) is 3.34. The van der Waals surface area contributed by atoms with Crippen molar-refractivity contribution in [2.45, 2.75) is 6.92 Å². The first-order valence-electron chi connectivity index (χ1n) is 8.42. The van der Waals surface area contributed by atoms with E-state index in [4.69, 9.17) is 4.42 Å². The Labute approximate surface area is 145 Å². The molecule has 2 N–H and O–H groups in total. The molecule has 128 valence electrons. The number of hydrogen-bond acceptors (Lipinski definition) is 5. The van der Waals surface area contributed by atoms with Crippen molar-refractivity contribution in [3.05, 3.63) is 53.9 Å². The van der Waals surface area contributed by atoms with Gasteiger partial charge in [-0.05, 0) is 37.3 Å². The summed E-state index contributed by atoms with van der Waals surface area (Å²) in [5.74, 6) is 0.505. The van der Waals surface area contributed by atoms with Gasteiger partial charge in [0.1, 0.15) is 11.4 Å². The summed E-state index contributed by atoms with van der Waals surface area (Å²) in [4.78, 5) is 19.0. The van der Waals surface area contributed by atoms with E-state index in [1.54, 1.807) is 12.3 Å². The van der Waals surface area contributed by atoms with Crippen LogP contribution in [0, 0.1) is 6.92 Å². The Morgan fingerprint density at radius 1 is 1.20 bits per heavy atom. The van der Waals surface area contributed by atoms with Crippen molar-refractivity contribution in [1.82, 2.24) is 10.3 Å². The zero-order valence-electron chi connectivity index (χ0n) is 14.1. The topological polar surface area (TPSA) is 70.4 Å². The molecule has 0 aliphatic carbocycles. The van der Waals surface area contributed by atoms with Crippen LogP contribution in [0.3, 0.4) is 0 Å². The minimum absolute atomic E-state index is 0.286. The number of pyridine rings is 1. The molecule has 0 radical (unpaired) electrons. The van der Waals surface area contributed by atoms with Crippen LogP contribution in [0.15, 0.2) is 47.0 Å². The molecule has 0 atom stereocenters. The third-order valence-electron chi connectivity index (χ3n) is 4.37. The number of nitrogens with one attached hydrogen (secondary N) is 2. The highest BCUT2D eigenvalue weighted by Gasteiger charge is 2.14. The third-order valence-corrected chi connectivity index (χ3v) is 4.37. The van der Waals surface area contributed by atoms with Gasteiger partial charge in [0.15, 0.2) is 5.76 Å². The number of aryl methyl sites for hydroxylation is 1. The smallest absolute Gasteiger partial charge is 0.292 e. The van der Waals surface area contributed by atoms with E-state index >= 15 is 0 Å². The molecule has 0 bridgehead atoms. The number of benzene rings is 1. The van der Waals surface area contributed by atoms with Gasteiger partial charge < -0.3 is 20.0 Å². The lowest BCUT2D eigenvalue weighted by atomic mass is 10.2. The Kier molecular flexibility index (Phi) is 4.11. The molecule has 1 amide bonds. The standard InChI is InChI=1S/C19H20N4O2/c1-13-2-4-16-14(10-13)11-17(25-16)19(24)22-18-5-3-15(12-21-18)23-8-6-20-7-9-23/h2-5,10-12,20H,6-9H2,1H3,(H,21,22,24). The van der Waals surface area contributed by atoms with Crippen LogP contribution in [0.25, 0.3) is 11.0 Å². The maximum absolute atomic E-state index is 12.4. The van der Waals surface area contributed by atoms with Crippen LogP contribution in [0.4, 0.5) is 11.5 Å². The number of anilines is 2. The van der Waals surface area contributed by atoms with Gasteiger partial charge in [0.2, 0.25) is 0 Å². The Morgan fingerprint density at radius 2 is 2.04 bits per heavy atom. The molecule has 1 saturated heterocycles. The van der Waals surface area contributed by atoms with Crippen LogP contribution in [0.5, 0.6) is 0 Å². The molecule has 0 saturated carbocycles. The Hall–Kier alpha value is -2.86. The van der Waals surface area contributed by atoms with E-state index in [1.807, 2.05) is 37.3 Å². The first-order valence-corrected chi connectivity index (χ1v) is 8.42. The number of hydrogen-bond donors (Lipinski definition) is 2. The Balaban J connectivity index is 1.47. The van der Waals surface area contributed by atoms with Gasteiger partial charge in [0, 0.05) is 31.6 Å². The van der Waals surface area contributed by atoms with Crippen LogP contribution in [0.1, 0.15) is 16.1 Å². The fourth-order valence-corrected chi connectivity index (χ4v) is 3.02. The molecule has 0 unspecified atom stereocenters. The minimum atomic E-state index is -0.295. The molecule has 6 nitrogen and oxygen atoms in total. The van der Waals surface area contributed by atoms with E-state index in [9.17, 15) is 4.79 Å². The molecule has 3 heterocycles. The van der Waals surface area contributed by atoms with E-state index in [0.29, 0.717) is 11.4 Å². The van der Waals surface area contributed by atoms with Crippen molar-refractivity contribution in [1.29, 1.82) is 0 Å². The largest absolute Gasteiger partial charge is 0.451 e. The Bertz CT molecular complexity index is 895. The van der Waals surface area contributed by atoms with Crippen LogP contribution in [-0.2, 0) is 0 Å². The first kappa shape index (κ1) is 15.7. The number of amides is 1. The zero-order chi connectivity index (χ0) is 17.2. The van der Waals surface area contributed by atoms with Gasteiger partial charge in [0.05, 0.1) is 11.9 Å². The van der Waals surface area contributed by atoms with Gasteiger partial charge in [-0.15, -0.1) is 0 Å². The predicted molar refractivity (Wildman–Crippen MR) is 98.2 cm³/mol. The van der Waals surface area contributed by atoms with E-state index in [1.165, 1.54) is 0 Å². The highest BCUT2D eigenvalue weighted by molar-refractivity contribution is 6.04. The van der Waals surface area contributed by atoms with E-state index < -0.39 is 0 Å². The summed E-state index contributed by atoms with van der Waals surface area (Å²) >= 11 is 0. The summed E-state index contributed by atoms with van der Waals surface area (Å²) in [5.41, 5.74) is 2.90. The number of carbonyl (C=O) groups is 1. The van der Waals surface area contributed by atoms with E-state index in [-0.39, 0.29) is 11.7 Å². The van der Waals surface area contributed by atoms with Crippen LogP contribution in [-0.4, -0.2) is 37.1 Å². The molecule has 25 heavy (non-hydrogen) atoms. The fraction of sp³-hybridized carbons (Fsp3) is 0.263. The second-order valence-electron chi connectivity index (χ2n) is 6.24. The molecule has 3 aromatic rings. The molecule has 1 aliphatic heterocycles. The van der Waals surface area contributed by atoms with Crippen molar-refractivity contribution in [2.75, 3.05) is 36.4 Å². The molecule has 0 spiro atoms. The number of rotatable bonds is 3. The number of fused-ring (bicyclic) bond motifs is 1. The molecular weight excluding hydrogens is 316 g/mol. The average Bonchev–Trinajstić information content (AvgIpc) is 3.06. The lowest BCUT2D eigenvalue weighted by Gasteiger charge is -2.29. The lowest BCUT2D eigenvalue weighted by molar-refractivity contribution is 0.0998. The summed E-state index contributed by atoms with van der Waals surface area (Å²) in [6.45, 7) is 5.89. The molecule has 6 heteroatoms. The van der Waals surface area contributed by atoms with Crippen molar-refractivity contribution in [3.63, 3.8) is 0 Å². The quantitative estimate of drug-likeness (QED) is 0.770. The van der Waals surface area contributed by atoms with Crippen LogP contribution < -0.4 is 15.5 Å². The van der Waals surface area contributed by atoms with Crippen LogP contribution in [0.2, 0.25) is 0 Å². The zero-order valence-corrected chi connectivity index (χ0v) is 14.1. The maximum Gasteiger partial charge on any atom is 0.292 e. The number of furan rings is 1. The van der Waals surface area contributed by atoms with Crippen molar-refractivity contribution in [2.24, 2.45) is 0 Å². The molecule has 1 fully saturated rings. The number of carbonyl (C=O) groups excluding carboxylic acids is 1. The van der Waals surface area contributed by atoms with Gasteiger partial charge >= 0.3 is 0 Å². The summed E-state index contributed by atoms with van der Waals surface area (Å²) in [7, 11) is 0. The molecule has 1 aromatic carbocycles. The molecule has 2 aromatic heterocycles. The Morgan fingerprint density at radius 3 is 2.80 bits per heavy atom. The number of piperazine rings is 1. The lowest BCUT2D eigenvalue weighted by Crippen LogP contribution is -2.43. The summed E-state index contributed by atoms with van der Waals surface area (Å²) in [5, 5.41) is 7.04. The SMILES string of the molecule is Cc1ccc2oc(C(=O)Nc3ccc(N4CCNCC4)cn3)cc2c1. The molecular formula is C19H20N4O2. The van der Waals surface area contributed by atoms with Gasteiger partial charge in [0.25, 0.3) is 5.91 Å². The predicted octanol–water partition coefficient (Wildman–Crippen LogP) is 2.80. The highest BCUT2D eigenvalue weighted by atomic mass is 16.3. The summed E-state index contributed by atoms with van der Waals surface area (Å²) in [6, 6.07) is 11.4.